The smallest absolute Gasteiger partial charge is 0.229 e. The molecule has 1 amide bonds. The number of H-pyrrole nitrogens is 2. The van der Waals surface area contributed by atoms with Crippen LogP contribution in [-0.4, -0.2) is 43.2 Å². The van der Waals surface area contributed by atoms with Crippen LogP contribution in [-0.2, 0) is 4.79 Å². The number of aromatic nitrogens is 6. The van der Waals surface area contributed by atoms with Gasteiger partial charge in [-0.25, -0.2) is 9.37 Å². The molecule has 6 rings (SSSR count). The van der Waals surface area contributed by atoms with Crippen LogP contribution < -0.4 is 10.1 Å². The van der Waals surface area contributed by atoms with Crippen LogP contribution in [0.5, 0.6) is 5.75 Å². The zero-order valence-electron chi connectivity index (χ0n) is 22.3. The molecule has 6 aromatic rings. The summed E-state index contributed by atoms with van der Waals surface area (Å²) in [6.07, 6.45) is 6.76. The fourth-order valence-corrected chi connectivity index (χ4v) is 4.48. The van der Waals surface area contributed by atoms with Gasteiger partial charge in [0.2, 0.25) is 5.91 Å². The number of anilines is 1. The van der Waals surface area contributed by atoms with E-state index in [1.54, 1.807) is 30.9 Å². The molecule has 0 spiro atoms. The number of benzene rings is 1. The quantitative estimate of drug-likeness (QED) is 0.236. The van der Waals surface area contributed by atoms with Crippen molar-refractivity contribution in [3.8, 4) is 39.5 Å². The van der Waals surface area contributed by atoms with Crippen LogP contribution in [0.2, 0.25) is 0 Å². The van der Waals surface area contributed by atoms with Gasteiger partial charge in [0, 0.05) is 63.1 Å². The maximum atomic E-state index is 14.3. The fraction of sp³-hybridized carbons (Fsp3) is 0.167. The van der Waals surface area contributed by atoms with Gasteiger partial charge in [-0.15, -0.1) is 0 Å². The van der Waals surface area contributed by atoms with E-state index in [4.69, 9.17) is 4.74 Å². The number of pyridine rings is 3. The Balaban J connectivity index is 1.40. The first-order chi connectivity index (χ1) is 19.2. The average molecular weight is 536 g/mol. The molecule has 5 aromatic heterocycles. The third-order valence-corrected chi connectivity index (χ3v) is 6.61. The summed E-state index contributed by atoms with van der Waals surface area (Å²) in [4.78, 5) is 29.3. The van der Waals surface area contributed by atoms with E-state index < -0.39 is 11.2 Å². The maximum Gasteiger partial charge on any atom is 0.229 e. The summed E-state index contributed by atoms with van der Waals surface area (Å²) in [6, 6.07) is 12.2. The first kappa shape index (κ1) is 25.2. The lowest BCUT2D eigenvalue weighted by atomic mass is 9.95. The number of ether oxygens (including phenoxy) is 1. The Morgan fingerprint density at radius 1 is 0.925 bits per heavy atom. The molecule has 1 aromatic carbocycles. The first-order valence-electron chi connectivity index (χ1n) is 12.6. The fourth-order valence-electron chi connectivity index (χ4n) is 4.48. The number of carbonyl (C=O) groups excluding carboxylic acids is 1. The highest BCUT2D eigenvalue weighted by atomic mass is 19.1. The normalized spacial score (nSPS) is 11.7. The largest absolute Gasteiger partial charge is 0.497 e. The SMILES string of the molecule is COc1cc(F)cc(-c2nccc3[nH]c(-c4n[nH]c5ncc(-c6cncc(NC(=O)C(C)(C)C)c6)cc45)cc23)c1. The molecule has 0 aliphatic carbocycles. The second kappa shape index (κ2) is 9.57. The summed E-state index contributed by atoms with van der Waals surface area (Å²) in [6.45, 7) is 5.57. The average Bonchev–Trinajstić information content (AvgIpc) is 3.56. The number of rotatable bonds is 5. The van der Waals surface area contributed by atoms with Crippen molar-refractivity contribution >= 4 is 33.5 Å². The Morgan fingerprint density at radius 3 is 2.55 bits per heavy atom. The summed E-state index contributed by atoms with van der Waals surface area (Å²) >= 11 is 0. The minimum absolute atomic E-state index is 0.0958. The Morgan fingerprint density at radius 2 is 1.75 bits per heavy atom. The van der Waals surface area contributed by atoms with Gasteiger partial charge in [0.25, 0.3) is 0 Å². The van der Waals surface area contributed by atoms with Crippen molar-refractivity contribution in [3.63, 3.8) is 0 Å². The molecule has 0 saturated carbocycles. The summed E-state index contributed by atoms with van der Waals surface area (Å²) in [5.41, 5.74) is 5.80. The molecule has 3 N–H and O–H groups in total. The van der Waals surface area contributed by atoms with Crippen molar-refractivity contribution < 1.29 is 13.9 Å². The van der Waals surface area contributed by atoms with Crippen LogP contribution >= 0.6 is 0 Å². The van der Waals surface area contributed by atoms with Crippen LogP contribution in [0, 0.1) is 11.2 Å². The number of methoxy groups -OCH3 is 1. The van der Waals surface area contributed by atoms with Crippen LogP contribution in [0.3, 0.4) is 0 Å². The first-order valence-corrected chi connectivity index (χ1v) is 12.6. The molecule has 0 fully saturated rings. The zero-order valence-corrected chi connectivity index (χ0v) is 22.3. The minimum atomic E-state index is -0.530. The Kier molecular flexibility index (Phi) is 6.02. The standard InChI is InChI=1S/C30H26FN7O2/c1-30(2,3)29(39)35-20-8-17(13-32-15-20)18-10-23-27(37-38-28(23)34-14-18)25-12-22-24(36-25)5-6-33-26(22)16-7-19(31)11-21(9-16)40-4/h5-15,36H,1-4H3,(H,35,39)(H,34,37,38). The summed E-state index contributed by atoms with van der Waals surface area (Å²) in [5.74, 6) is -0.0863. The maximum absolute atomic E-state index is 14.3. The Hall–Kier alpha value is -5.12. The van der Waals surface area contributed by atoms with E-state index >= 15 is 0 Å². The highest BCUT2D eigenvalue weighted by Gasteiger charge is 2.21. The molecule has 0 radical (unpaired) electrons. The van der Waals surface area contributed by atoms with E-state index in [-0.39, 0.29) is 5.91 Å². The van der Waals surface area contributed by atoms with Crippen LogP contribution in [0.4, 0.5) is 10.1 Å². The van der Waals surface area contributed by atoms with E-state index in [1.807, 2.05) is 45.0 Å². The number of hydrogen-bond donors (Lipinski definition) is 3. The lowest BCUT2D eigenvalue weighted by molar-refractivity contribution is -0.123. The van der Waals surface area contributed by atoms with E-state index in [1.165, 1.54) is 19.2 Å². The van der Waals surface area contributed by atoms with Crippen molar-refractivity contribution in [3.05, 3.63) is 73.1 Å². The third kappa shape index (κ3) is 4.64. The molecule has 0 aliphatic heterocycles. The molecule has 200 valence electrons. The number of nitrogens with zero attached hydrogens (tertiary/aromatic N) is 4. The predicted molar refractivity (Wildman–Crippen MR) is 152 cm³/mol. The molecular formula is C30H26FN7O2. The second-order valence-corrected chi connectivity index (χ2v) is 10.5. The van der Waals surface area contributed by atoms with Gasteiger partial charge >= 0.3 is 0 Å². The zero-order chi connectivity index (χ0) is 28.0. The number of carbonyl (C=O) groups is 1. The van der Waals surface area contributed by atoms with Crippen molar-refractivity contribution in [1.82, 2.24) is 30.1 Å². The van der Waals surface area contributed by atoms with Crippen LogP contribution in [0.15, 0.2) is 67.3 Å². The summed E-state index contributed by atoms with van der Waals surface area (Å²) < 4.78 is 19.5. The Bertz CT molecular complexity index is 1900. The van der Waals surface area contributed by atoms with Gasteiger partial charge in [-0.3, -0.25) is 19.9 Å². The number of hydrogen-bond acceptors (Lipinski definition) is 6. The molecule has 0 aliphatic rings. The predicted octanol–water partition coefficient (Wildman–Crippen LogP) is 6.36. The number of amides is 1. The van der Waals surface area contributed by atoms with Crippen molar-refractivity contribution in [1.29, 1.82) is 0 Å². The van der Waals surface area contributed by atoms with Gasteiger partial charge in [-0.1, -0.05) is 20.8 Å². The lowest BCUT2D eigenvalue weighted by Gasteiger charge is -2.17. The van der Waals surface area contributed by atoms with E-state index in [0.29, 0.717) is 34.0 Å². The van der Waals surface area contributed by atoms with E-state index in [9.17, 15) is 9.18 Å². The molecule has 0 unspecified atom stereocenters. The van der Waals surface area contributed by atoms with Crippen molar-refractivity contribution in [2.75, 3.05) is 12.4 Å². The lowest BCUT2D eigenvalue weighted by Crippen LogP contribution is -2.27. The van der Waals surface area contributed by atoms with Gasteiger partial charge in [0.15, 0.2) is 5.65 Å². The molecule has 9 nitrogen and oxygen atoms in total. The molecule has 5 heterocycles. The topological polar surface area (TPSA) is 121 Å². The Labute approximate surface area is 228 Å². The third-order valence-electron chi connectivity index (χ3n) is 6.61. The minimum Gasteiger partial charge on any atom is -0.497 e. The molecule has 0 bridgehead atoms. The monoisotopic (exact) mass is 535 g/mol. The van der Waals surface area contributed by atoms with Crippen LogP contribution in [0.25, 0.3) is 55.7 Å². The molecular weight excluding hydrogens is 509 g/mol. The van der Waals surface area contributed by atoms with Gasteiger partial charge in [0.05, 0.1) is 30.4 Å². The van der Waals surface area contributed by atoms with E-state index in [2.05, 4.69) is 35.5 Å². The summed E-state index contributed by atoms with van der Waals surface area (Å²) in [5, 5.41) is 12.1. The molecule has 40 heavy (non-hydrogen) atoms. The van der Waals surface area contributed by atoms with Gasteiger partial charge < -0.3 is 15.0 Å². The molecule has 0 atom stereocenters. The number of nitrogens with one attached hydrogen (secondary N) is 3. The van der Waals surface area contributed by atoms with Gasteiger partial charge in [0.1, 0.15) is 17.3 Å². The number of aromatic amines is 2. The van der Waals surface area contributed by atoms with Crippen molar-refractivity contribution in [2.45, 2.75) is 20.8 Å². The number of halogens is 1. The van der Waals surface area contributed by atoms with Gasteiger partial charge in [-0.2, -0.15) is 5.10 Å². The van der Waals surface area contributed by atoms with Crippen molar-refractivity contribution in [2.24, 2.45) is 5.41 Å². The highest BCUT2D eigenvalue weighted by Crippen LogP contribution is 2.35. The summed E-state index contributed by atoms with van der Waals surface area (Å²) in [7, 11) is 1.50. The highest BCUT2D eigenvalue weighted by molar-refractivity contribution is 6.00. The molecule has 10 heteroatoms. The van der Waals surface area contributed by atoms with Gasteiger partial charge in [-0.05, 0) is 36.4 Å². The second-order valence-electron chi connectivity index (χ2n) is 10.5. The number of fused-ring (bicyclic) bond motifs is 2. The molecule has 0 saturated heterocycles. The van der Waals surface area contributed by atoms with E-state index in [0.717, 1.165) is 33.1 Å². The van der Waals surface area contributed by atoms with Crippen LogP contribution in [0.1, 0.15) is 20.8 Å².